The van der Waals surface area contributed by atoms with Crippen LogP contribution in [0.5, 0.6) is 0 Å². The van der Waals surface area contributed by atoms with E-state index in [4.69, 9.17) is 34.7 Å². The van der Waals surface area contributed by atoms with Crippen molar-refractivity contribution in [2.45, 2.75) is 36.9 Å². The topological polar surface area (TPSA) is 108 Å². The quantitative estimate of drug-likeness (QED) is 0.613. The third-order valence-corrected chi connectivity index (χ3v) is 7.70. The van der Waals surface area contributed by atoms with Gasteiger partial charge in [0, 0.05) is 29.7 Å². The second-order valence-corrected chi connectivity index (χ2v) is 10.2. The number of rotatable bonds is 5. The van der Waals surface area contributed by atoms with E-state index in [1.165, 1.54) is 4.31 Å². The number of sulfonamides is 1. The summed E-state index contributed by atoms with van der Waals surface area (Å²) in [5, 5.41) is 2.69. The third kappa shape index (κ3) is 4.30. The van der Waals surface area contributed by atoms with Crippen molar-refractivity contribution in [2.75, 3.05) is 18.1 Å². The fraction of sp³-hybridized carbons (Fsp3) is 0.368. The van der Waals surface area contributed by atoms with Crippen LogP contribution in [0.3, 0.4) is 0 Å². The Labute approximate surface area is 186 Å². The van der Waals surface area contributed by atoms with E-state index in [-0.39, 0.29) is 0 Å². The van der Waals surface area contributed by atoms with E-state index < -0.39 is 22.6 Å². The summed E-state index contributed by atoms with van der Waals surface area (Å²) in [6, 6.07) is 12.0. The number of nitrogens with two attached hydrogens (primary N) is 2. The minimum atomic E-state index is -3.43. The lowest BCUT2D eigenvalue weighted by molar-refractivity contribution is 0.184. The standard InChI is InChI=1S/C19H24Cl2N6O2S/c20-14-9-15(21)11-16(10-14)27-19(23)26(18(22)24-27)12-13-3-5-17(6-4-13)30(28,29)25-7-1-2-8-25/h3-6,9-11,18-19,24H,1-2,7-8,12,22-23H2. The molecule has 2 saturated heterocycles. The first-order valence-electron chi connectivity index (χ1n) is 9.63. The van der Waals surface area contributed by atoms with Crippen LogP contribution in [0.4, 0.5) is 5.69 Å². The van der Waals surface area contributed by atoms with Crippen LogP contribution in [0.2, 0.25) is 10.0 Å². The highest BCUT2D eigenvalue weighted by atomic mass is 35.5. The highest BCUT2D eigenvalue weighted by Crippen LogP contribution is 2.28. The molecule has 2 atom stereocenters. The Hall–Kier alpha value is -1.43. The van der Waals surface area contributed by atoms with Crippen LogP contribution in [-0.4, -0.2) is 43.3 Å². The van der Waals surface area contributed by atoms with Crippen molar-refractivity contribution in [3.63, 3.8) is 0 Å². The Bertz CT molecular complexity index is 994. The summed E-state index contributed by atoms with van der Waals surface area (Å²) in [5.74, 6) is 0. The molecule has 5 N–H and O–H groups in total. The van der Waals surface area contributed by atoms with Crippen LogP contribution in [0, 0.1) is 0 Å². The molecule has 11 heteroatoms. The van der Waals surface area contributed by atoms with Gasteiger partial charge in [-0.1, -0.05) is 35.3 Å². The van der Waals surface area contributed by atoms with Gasteiger partial charge in [0.1, 0.15) is 6.29 Å². The van der Waals surface area contributed by atoms with Crippen LogP contribution in [0.15, 0.2) is 47.4 Å². The second-order valence-electron chi connectivity index (χ2n) is 7.41. The van der Waals surface area contributed by atoms with Gasteiger partial charge < -0.3 is 5.73 Å². The molecule has 2 aliphatic rings. The molecule has 162 valence electrons. The molecule has 2 unspecified atom stereocenters. The van der Waals surface area contributed by atoms with E-state index in [2.05, 4.69) is 5.43 Å². The second kappa shape index (κ2) is 8.60. The van der Waals surface area contributed by atoms with Gasteiger partial charge in [-0.25, -0.2) is 18.7 Å². The van der Waals surface area contributed by atoms with Crippen molar-refractivity contribution < 1.29 is 8.42 Å². The zero-order chi connectivity index (χ0) is 21.5. The molecule has 2 fully saturated rings. The Morgan fingerprint density at radius 3 is 2.20 bits per heavy atom. The number of nitrogens with one attached hydrogen (secondary N) is 1. The van der Waals surface area contributed by atoms with E-state index in [0.717, 1.165) is 18.4 Å². The molecule has 8 nitrogen and oxygen atoms in total. The summed E-state index contributed by atoms with van der Waals surface area (Å²) < 4.78 is 26.9. The van der Waals surface area contributed by atoms with Gasteiger partial charge in [-0.2, -0.15) is 4.31 Å². The maximum Gasteiger partial charge on any atom is 0.243 e. The minimum Gasteiger partial charge on any atom is -0.302 e. The molecular formula is C19H24Cl2N6O2S. The van der Waals surface area contributed by atoms with Gasteiger partial charge in [-0.15, -0.1) is 0 Å². The first kappa shape index (κ1) is 21.8. The molecule has 2 aromatic carbocycles. The van der Waals surface area contributed by atoms with Crippen LogP contribution in [0.1, 0.15) is 18.4 Å². The van der Waals surface area contributed by atoms with Gasteiger partial charge in [0.25, 0.3) is 0 Å². The Morgan fingerprint density at radius 1 is 1.00 bits per heavy atom. The first-order chi connectivity index (χ1) is 14.3. The van der Waals surface area contributed by atoms with E-state index in [1.807, 2.05) is 4.90 Å². The summed E-state index contributed by atoms with van der Waals surface area (Å²) in [6.07, 6.45) is 0.709. The fourth-order valence-electron chi connectivity index (χ4n) is 3.76. The number of halogens is 2. The third-order valence-electron chi connectivity index (χ3n) is 5.35. The number of anilines is 1. The van der Waals surface area contributed by atoms with Crippen LogP contribution in [-0.2, 0) is 16.6 Å². The molecule has 0 saturated carbocycles. The van der Waals surface area contributed by atoms with E-state index in [9.17, 15) is 8.42 Å². The van der Waals surface area contributed by atoms with Gasteiger partial charge in [0.15, 0.2) is 6.29 Å². The van der Waals surface area contributed by atoms with Crippen LogP contribution >= 0.6 is 23.2 Å². The predicted octanol–water partition coefficient (Wildman–Crippen LogP) is 2.09. The molecule has 2 heterocycles. The zero-order valence-electron chi connectivity index (χ0n) is 16.2. The molecular weight excluding hydrogens is 447 g/mol. The normalized spacial score (nSPS) is 23.4. The van der Waals surface area contributed by atoms with Crippen molar-refractivity contribution in [1.82, 2.24) is 14.6 Å². The smallest absolute Gasteiger partial charge is 0.243 e. The molecule has 2 aromatic rings. The molecule has 0 radical (unpaired) electrons. The van der Waals surface area contributed by atoms with E-state index in [0.29, 0.717) is 40.3 Å². The number of hydrogen-bond donors (Lipinski definition) is 3. The van der Waals surface area contributed by atoms with Crippen molar-refractivity contribution in [2.24, 2.45) is 11.5 Å². The molecule has 2 aliphatic heterocycles. The van der Waals surface area contributed by atoms with E-state index >= 15 is 0 Å². The minimum absolute atomic E-state index is 0.302. The van der Waals surface area contributed by atoms with Crippen molar-refractivity contribution in [3.8, 4) is 0 Å². The average Bonchev–Trinajstić information content (AvgIpc) is 3.33. The number of nitrogens with zero attached hydrogens (tertiary/aromatic N) is 3. The lowest BCUT2D eigenvalue weighted by Gasteiger charge is -2.27. The maximum atomic E-state index is 12.7. The van der Waals surface area contributed by atoms with Crippen molar-refractivity contribution in [3.05, 3.63) is 58.1 Å². The first-order valence-corrected chi connectivity index (χ1v) is 11.8. The lowest BCUT2D eigenvalue weighted by Crippen LogP contribution is -2.48. The highest BCUT2D eigenvalue weighted by Gasteiger charge is 2.35. The number of benzene rings is 2. The Balaban J connectivity index is 1.48. The summed E-state index contributed by atoms with van der Waals surface area (Å²) in [7, 11) is -3.43. The van der Waals surface area contributed by atoms with Gasteiger partial charge in [0.05, 0.1) is 10.6 Å². The molecule has 0 aliphatic carbocycles. The molecule has 0 amide bonds. The molecule has 0 aromatic heterocycles. The zero-order valence-corrected chi connectivity index (χ0v) is 18.5. The highest BCUT2D eigenvalue weighted by molar-refractivity contribution is 7.89. The summed E-state index contributed by atoms with van der Waals surface area (Å²) in [4.78, 5) is 2.15. The van der Waals surface area contributed by atoms with E-state index in [1.54, 1.807) is 47.5 Å². The average molecular weight is 471 g/mol. The summed E-state index contributed by atoms with van der Waals surface area (Å²) in [5.41, 5.74) is 17.3. The largest absolute Gasteiger partial charge is 0.302 e. The SMILES string of the molecule is NC1NN(c2cc(Cl)cc(Cl)c2)C(N)N1Cc1ccc(S(=O)(=O)N2CCCC2)cc1. The molecule has 30 heavy (non-hydrogen) atoms. The number of hydrogen-bond acceptors (Lipinski definition) is 7. The fourth-order valence-corrected chi connectivity index (χ4v) is 5.79. The summed E-state index contributed by atoms with van der Waals surface area (Å²) in [6.45, 7) is 1.59. The molecule has 0 bridgehead atoms. The monoisotopic (exact) mass is 470 g/mol. The van der Waals surface area contributed by atoms with Gasteiger partial charge in [-0.3, -0.25) is 10.7 Å². The molecule has 4 rings (SSSR count). The van der Waals surface area contributed by atoms with Crippen molar-refractivity contribution in [1.29, 1.82) is 0 Å². The van der Waals surface area contributed by atoms with Gasteiger partial charge >= 0.3 is 0 Å². The van der Waals surface area contributed by atoms with Gasteiger partial charge in [-0.05, 0) is 48.7 Å². The Kier molecular flexibility index (Phi) is 6.25. The Morgan fingerprint density at radius 2 is 1.60 bits per heavy atom. The number of hydrazine groups is 1. The van der Waals surface area contributed by atoms with Crippen LogP contribution < -0.4 is 21.9 Å². The lowest BCUT2D eigenvalue weighted by atomic mass is 10.2. The predicted molar refractivity (Wildman–Crippen MR) is 118 cm³/mol. The maximum absolute atomic E-state index is 12.7. The summed E-state index contributed by atoms with van der Waals surface area (Å²) >= 11 is 12.2. The van der Waals surface area contributed by atoms with Gasteiger partial charge in [0.2, 0.25) is 10.0 Å². The molecule has 0 spiro atoms. The van der Waals surface area contributed by atoms with Crippen molar-refractivity contribution >= 4 is 38.9 Å². The van der Waals surface area contributed by atoms with Crippen LogP contribution in [0.25, 0.3) is 0 Å².